The Bertz CT molecular complexity index is 933. The number of ether oxygens (including phenoxy) is 1. The van der Waals surface area contributed by atoms with Crippen LogP contribution in [0.4, 0.5) is 5.69 Å². The molecule has 6 nitrogen and oxygen atoms in total. The molecule has 0 fully saturated rings. The van der Waals surface area contributed by atoms with Crippen LogP contribution in [0.5, 0.6) is 5.75 Å². The first-order valence-electron chi connectivity index (χ1n) is 7.46. The molecule has 122 valence electrons. The van der Waals surface area contributed by atoms with Gasteiger partial charge in [-0.3, -0.25) is 5.43 Å². The van der Waals surface area contributed by atoms with Crippen LogP contribution in [0.15, 0.2) is 64.1 Å². The second kappa shape index (κ2) is 6.87. The molecule has 2 aromatic carbocycles. The van der Waals surface area contributed by atoms with Gasteiger partial charge in [-0.2, -0.15) is 0 Å². The van der Waals surface area contributed by atoms with Gasteiger partial charge in [0, 0.05) is 5.39 Å². The van der Waals surface area contributed by atoms with E-state index in [2.05, 4.69) is 10.5 Å². The third kappa shape index (κ3) is 3.38. The van der Waals surface area contributed by atoms with Crippen molar-refractivity contribution in [3.63, 3.8) is 0 Å². The monoisotopic (exact) mass is 324 g/mol. The van der Waals surface area contributed by atoms with E-state index in [9.17, 15) is 9.90 Å². The highest BCUT2D eigenvalue weighted by Crippen LogP contribution is 2.19. The highest BCUT2D eigenvalue weighted by atomic mass is 16.5. The molecule has 2 N–H and O–H groups in total. The highest BCUT2D eigenvalue weighted by Gasteiger charge is 2.14. The molecule has 6 heteroatoms. The number of nitrogens with one attached hydrogen (secondary N) is 1. The van der Waals surface area contributed by atoms with Gasteiger partial charge in [-0.05, 0) is 43.3 Å². The van der Waals surface area contributed by atoms with Crippen LogP contribution in [-0.2, 0) is 4.74 Å². The van der Waals surface area contributed by atoms with E-state index in [1.807, 2.05) is 30.3 Å². The zero-order chi connectivity index (χ0) is 16.9. The van der Waals surface area contributed by atoms with Gasteiger partial charge in [-0.25, -0.2) is 4.79 Å². The quantitative estimate of drug-likeness (QED) is 0.568. The molecule has 0 saturated carbocycles. The number of aromatic hydroxyl groups is 1. The molecule has 0 bridgehead atoms. The van der Waals surface area contributed by atoms with Crippen LogP contribution >= 0.6 is 0 Å². The van der Waals surface area contributed by atoms with Crippen LogP contribution in [0.25, 0.3) is 11.0 Å². The van der Waals surface area contributed by atoms with Crippen LogP contribution < -0.4 is 11.0 Å². The van der Waals surface area contributed by atoms with E-state index >= 15 is 0 Å². The predicted octanol–water partition coefficient (Wildman–Crippen LogP) is 3.24. The van der Waals surface area contributed by atoms with E-state index in [1.54, 1.807) is 19.1 Å². The van der Waals surface area contributed by atoms with Gasteiger partial charge >= 0.3 is 5.97 Å². The van der Waals surface area contributed by atoms with Crippen LogP contribution in [0.1, 0.15) is 17.3 Å². The van der Waals surface area contributed by atoms with E-state index in [-0.39, 0.29) is 23.5 Å². The molecule has 0 aliphatic heterocycles. The van der Waals surface area contributed by atoms with Crippen LogP contribution in [0, 0.1) is 0 Å². The molecular weight excluding hydrogens is 308 g/mol. The van der Waals surface area contributed by atoms with Crippen LogP contribution in [-0.4, -0.2) is 17.7 Å². The van der Waals surface area contributed by atoms with Crippen LogP contribution in [0.2, 0.25) is 0 Å². The fraction of sp³-hybridized carbons (Fsp3) is 0.111. The Balaban J connectivity index is 2.11. The Kier molecular flexibility index (Phi) is 4.47. The van der Waals surface area contributed by atoms with E-state index in [4.69, 9.17) is 9.15 Å². The summed E-state index contributed by atoms with van der Waals surface area (Å²) in [7, 11) is 0. The van der Waals surface area contributed by atoms with Crippen LogP contribution in [0.3, 0.4) is 0 Å². The van der Waals surface area contributed by atoms with Gasteiger partial charge in [0.25, 0.3) is 5.55 Å². The Morgan fingerprint density at radius 3 is 2.75 bits per heavy atom. The zero-order valence-corrected chi connectivity index (χ0v) is 13.0. The number of phenolic OH excluding ortho intramolecular Hbond substituents is 1. The highest BCUT2D eigenvalue weighted by molar-refractivity contribution is 5.93. The Morgan fingerprint density at radius 1 is 1.21 bits per heavy atom. The summed E-state index contributed by atoms with van der Waals surface area (Å²) in [5.74, 6) is -0.459. The first kappa shape index (κ1) is 15.6. The molecule has 0 unspecified atom stereocenters. The minimum Gasteiger partial charge on any atom is -0.508 e. The summed E-state index contributed by atoms with van der Waals surface area (Å²) in [5, 5.41) is 14.3. The Hall–Kier alpha value is -3.28. The van der Waals surface area contributed by atoms with Crippen molar-refractivity contribution in [2.24, 2.45) is 5.10 Å². The SMILES string of the molecule is CCOC(=O)c1cc2cc(O)ccc2o/c1=N/Nc1ccccc1. The number of fused-ring (bicyclic) bond motifs is 1. The summed E-state index contributed by atoms with van der Waals surface area (Å²) >= 11 is 0. The smallest absolute Gasteiger partial charge is 0.343 e. The molecule has 3 rings (SSSR count). The lowest BCUT2D eigenvalue weighted by Gasteiger charge is -2.05. The fourth-order valence-electron chi connectivity index (χ4n) is 2.18. The van der Waals surface area contributed by atoms with Gasteiger partial charge in [0.05, 0.1) is 12.3 Å². The number of phenols is 1. The van der Waals surface area contributed by atoms with Crippen molar-refractivity contribution in [2.75, 3.05) is 12.0 Å². The maximum Gasteiger partial charge on any atom is 0.343 e. The van der Waals surface area contributed by atoms with Crippen molar-refractivity contribution in [3.8, 4) is 5.75 Å². The topological polar surface area (TPSA) is 84.1 Å². The molecule has 1 heterocycles. The molecule has 1 aromatic heterocycles. The van der Waals surface area contributed by atoms with Crippen molar-refractivity contribution in [1.82, 2.24) is 0 Å². The number of hydrogen-bond donors (Lipinski definition) is 2. The standard InChI is InChI=1S/C18H16N2O4/c1-2-23-18(22)15-11-12-10-14(21)8-9-16(12)24-17(15)20-19-13-6-4-3-5-7-13/h3-11,19,21H,2H2,1H3/b20-17+. The van der Waals surface area contributed by atoms with Gasteiger partial charge in [0.2, 0.25) is 0 Å². The van der Waals surface area contributed by atoms with Gasteiger partial charge in [-0.1, -0.05) is 18.2 Å². The molecule has 0 radical (unpaired) electrons. The maximum atomic E-state index is 12.2. The first-order valence-corrected chi connectivity index (χ1v) is 7.46. The van der Waals surface area contributed by atoms with E-state index in [0.29, 0.717) is 11.0 Å². The third-order valence-electron chi connectivity index (χ3n) is 3.29. The summed E-state index contributed by atoms with van der Waals surface area (Å²) < 4.78 is 10.7. The molecule has 0 atom stereocenters. The van der Waals surface area contributed by atoms with Crippen molar-refractivity contribution >= 4 is 22.6 Å². The summed E-state index contributed by atoms with van der Waals surface area (Å²) in [4.78, 5) is 12.2. The number of hydrogen-bond acceptors (Lipinski definition) is 6. The number of nitrogens with zero attached hydrogens (tertiary/aromatic N) is 1. The first-order chi connectivity index (χ1) is 11.7. The third-order valence-corrected chi connectivity index (χ3v) is 3.29. The normalized spacial score (nSPS) is 11.5. The zero-order valence-electron chi connectivity index (χ0n) is 13.0. The number of benzene rings is 2. The lowest BCUT2D eigenvalue weighted by molar-refractivity contribution is 0.0521. The van der Waals surface area contributed by atoms with Crippen molar-refractivity contribution in [3.05, 3.63) is 65.7 Å². The van der Waals surface area contributed by atoms with Gasteiger partial charge < -0.3 is 14.3 Å². The number of carbonyl (C=O) groups excluding carboxylic acids is 1. The molecule has 0 saturated heterocycles. The number of anilines is 1. The fourth-order valence-corrected chi connectivity index (χ4v) is 2.18. The average Bonchev–Trinajstić information content (AvgIpc) is 2.60. The molecule has 0 amide bonds. The lowest BCUT2D eigenvalue weighted by atomic mass is 10.2. The molecule has 3 aromatic rings. The molecule has 0 aliphatic rings. The second-order valence-electron chi connectivity index (χ2n) is 5.00. The van der Waals surface area contributed by atoms with Gasteiger partial charge in [0.1, 0.15) is 16.9 Å². The van der Waals surface area contributed by atoms with Crippen molar-refractivity contribution < 1.29 is 19.1 Å². The second-order valence-corrected chi connectivity index (χ2v) is 5.00. The van der Waals surface area contributed by atoms with E-state index in [1.165, 1.54) is 12.1 Å². The minimum absolute atomic E-state index is 0.0830. The molecule has 0 aliphatic carbocycles. The summed E-state index contributed by atoms with van der Waals surface area (Å²) in [6.45, 7) is 1.96. The summed E-state index contributed by atoms with van der Waals surface area (Å²) in [5.41, 5.74) is 4.39. The number of carbonyl (C=O) groups is 1. The number of rotatable bonds is 4. The van der Waals surface area contributed by atoms with E-state index < -0.39 is 5.97 Å². The Morgan fingerprint density at radius 2 is 2.00 bits per heavy atom. The maximum absolute atomic E-state index is 12.2. The number of esters is 1. The summed E-state index contributed by atoms with van der Waals surface area (Å²) in [6, 6.07) is 15.5. The number of para-hydroxylation sites is 1. The molecular formula is C18H16N2O4. The molecule has 24 heavy (non-hydrogen) atoms. The Labute approximate surface area is 138 Å². The van der Waals surface area contributed by atoms with Crippen molar-refractivity contribution in [2.45, 2.75) is 6.92 Å². The predicted molar refractivity (Wildman–Crippen MR) is 89.5 cm³/mol. The molecule has 0 spiro atoms. The minimum atomic E-state index is -0.542. The van der Waals surface area contributed by atoms with E-state index in [0.717, 1.165) is 5.69 Å². The van der Waals surface area contributed by atoms with Gasteiger partial charge in [-0.15, -0.1) is 5.10 Å². The lowest BCUT2D eigenvalue weighted by Crippen LogP contribution is -2.19. The average molecular weight is 324 g/mol. The van der Waals surface area contributed by atoms with Gasteiger partial charge in [0.15, 0.2) is 0 Å². The van der Waals surface area contributed by atoms with Crippen molar-refractivity contribution in [1.29, 1.82) is 0 Å². The largest absolute Gasteiger partial charge is 0.508 e. The summed E-state index contributed by atoms with van der Waals surface area (Å²) in [6.07, 6.45) is 0.